The van der Waals surface area contributed by atoms with E-state index in [1.54, 1.807) is 7.05 Å². The van der Waals surface area contributed by atoms with E-state index < -0.39 is 11.9 Å². The number of alkyl halides is 3. The molecular formula is C12H16F3N3. The van der Waals surface area contributed by atoms with Crippen molar-refractivity contribution >= 4 is 11.5 Å². The lowest BCUT2D eigenvalue weighted by Crippen LogP contribution is -2.17. The minimum atomic E-state index is -4.44. The maximum atomic E-state index is 12.5. The summed E-state index contributed by atoms with van der Waals surface area (Å²) in [6, 6.07) is 3.75. The number of anilines is 1. The highest BCUT2D eigenvalue weighted by molar-refractivity contribution is 5.84. The SMILES string of the molecule is C/C(=N/N(C)c1cccc(C(F)(F)F)n1)C(C)C. The molecule has 0 unspecified atom stereocenters. The highest BCUT2D eigenvalue weighted by Crippen LogP contribution is 2.28. The molecule has 1 aromatic rings. The predicted octanol–water partition coefficient (Wildman–Crippen LogP) is 3.57. The van der Waals surface area contributed by atoms with Crippen LogP contribution in [0.5, 0.6) is 0 Å². The van der Waals surface area contributed by atoms with Crippen LogP contribution in [0, 0.1) is 5.92 Å². The number of pyridine rings is 1. The standard InChI is InChI=1S/C12H16F3N3/c1-8(2)9(3)17-18(4)11-7-5-6-10(16-11)12(13,14)15/h5-8H,1-4H3/b17-9-. The van der Waals surface area contributed by atoms with Gasteiger partial charge in [-0.15, -0.1) is 0 Å². The van der Waals surface area contributed by atoms with Gasteiger partial charge in [0, 0.05) is 12.8 Å². The molecule has 1 aromatic heterocycles. The summed E-state index contributed by atoms with van der Waals surface area (Å²) in [4.78, 5) is 3.55. The van der Waals surface area contributed by atoms with Crippen molar-refractivity contribution in [2.24, 2.45) is 11.0 Å². The molecular weight excluding hydrogens is 243 g/mol. The van der Waals surface area contributed by atoms with Gasteiger partial charge in [0.15, 0.2) is 0 Å². The Kier molecular flexibility index (Phi) is 4.32. The molecule has 0 fully saturated rings. The van der Waals surface area contributed by atoms with Gasteiger partial charge in [0.2, 0.25) is 0 Å². The smallest absolute Gasteiger partial charge is 0.251 e. The minimum Gasteiger partial charge on any atom is -0.251 e. The molecule has 0 saturated heterocycles. The number of hydrazone groups is 1. The zero-order chi connectivity index (χ0) is 13.9. The molecule has 0 amide bonds. The fourth-order valence-corrected chi connectivity index (χ4v) is 1.16. The fraction of sp³-hybridized carbons (Fsp3) is 0.500. The Morgan fingerprint density at radius 1 is 1.33 bits per heavy atom. The molecule has 6 heteroatoms. The van der Waals surface area contributed by atoms with Gasteiger partial charge in [0.05, 0.1) is 0 Å². The van der Waals surface area contributed by atoms with Gasteiger partial charge in [-0.3, -0.25) is 5.01 Å². The van der Waals surface area contributed by atoms with E-state index >= 15 is 0 Å². The highest BCUT2D eigenvalue weighted by Gasteiger charge is 2.32. The lowest BCUT2D eigenvalue weighted by atomic mass is 10.1. The van der Waals surface area contributed by atoms with Crippen LogP contribution < -0.4 is 5.01 Å². The molecule has 0 atom stereocenters. The Morgan fingerprint density at radius 2 is 1.94 bits per heavy atom. The van der Waals surface area contributed by atoms with Gasteiger partial charge in [-0.2, -0.15) is 18.3 Å². The zero-order valence-electron chi connectivity index (χ0n) is 10.8. The van der Waals surface area contributed by atoms with Crippen LogP contribution >= 0.6 is 0 Å². The van der Waals surface area contributed by atoms with E-state index in [2.05, 4.69) is 10.1 Å². The molecule has 0 bridgehead atoms. The van der Waals surface area contributed by atoms with Gasteiger partial charge >= 0.3 is 6.18 Å². The van der Waals surface area contributed by atoms with Crippen molar-refractivity contribution < 1.29 is 13.2 Å². The molecule has 0 aliphatic carbocycles. The van der Waals surface area contributed by atoms with Crippen LogP contribution in [-0.4, -0.2) is 17.7 Å². The summed E-state index contributed by atoms with van der Waals surface area (Å²) in [5, 5.41) is 5.54. The lowest BCUT2D eigenvalue weighted by molar-refractivity contribution is -0.141. The van der Waals surface area contributed by atoms with Crippen LogP contribution in [0.4, 0.5) is 19.0 Å². The van der Waals surface area contributed by atoms with E-state index in [1.807, 2.05) is 20.8 Å². The van der Waals surface area contributed by atoms with Crippen molar-refractivity contribution in [2.75, 3.05) is 12.1 Å². The fourth-order valence-electron chi connectivity index (χ4n) is 1.16. The van der Waals surface area contributed by atoms with Crippen molar-refractivity contribution in [1.82, 2.24) is 4.98 Å². The van der Waals surface area contributed by atoms with Gasteiger partial charge < -0.3 is 0 Å². The summed E-state index contributed by atoms with van der Waals surface area (Å²) in [6.45, 7) is 5.76. The Hall–Kier alpha value is -1.59. The first-order valence-electron chi connectivity index (χ1n) is 5.55. The second-order valence-corrected chi connectivity index (χ2v) is 4.30. The van der Waals surface area contributed by atoms with Crippen LogP contribution in [0.25, 0.3) is 0 Å². The maximum absolute atomic E-state index is 12.5. The Morgan fingerprint density at radius 3 is 2.44 bits per heavy atom. The van der Waals surface area contributed by atoms with E-state index in [9.17, 15) is 13.2 Å². The second-order valence-electron chi connectivity index (χ2n) is 4.30. The van der Waals surface area contributed by atoms with Gasteiger partial charge in [0.25, 0.3) is 0 Å². The molecule has 0 saturated carbocycles. The molecule has 0 aliphatic heterocycles. The van der Waals surface area contributed by atoms with Crippen LogP contribution in [0.1, 0.15) is 26.5 Å². The summed E-state index contributed by atoms with van der Waals surface area (Å²) in [5.74, 6) is 0.406. The van der Waals surface area contributed by atoms with Crippen molar-refractivity contribution in [1.29, 1.82) is 0 Å². The van der Waals surface area contributed by atoms with Crippen LogP contribution in [0.3, 0.4) is 0 Å². The van der Waals surface area contributed by atoms with Crippen molar-refractivity contribution in [3.63, 3.8) is 0 Å². The summed E-state index contributed by atoms with van der Waals surface area (Å²) in [6.07, 6.45) is -4.44. The first-order chi connectivity index (χ1) is 8.21. The quantitative estimate of drug-likeness (QED) is 0.613. The van der Waals surface area contributed by atoms with Crippen molar-refractivity contribution in [2.45, 2.75) is 26.9 Å². The van der Waals surface area contributed by atoms with Crippen molar-refractivity contribution in [3.8, 4) is 0 Å². The third-order valence-corrected chi connectivity index (χ3v) is 2.50. The lowest BCUT2D eigenvalue weighted by Gasteiger charge is -2.16. The summed E-state index contributed by atoms with van der Waals surface area (Å²) >= 11 is 0. The Bertz CT molecular complexity index is 438. The molecule has 18 heavy (non-hydrogen) atoms. The molecule has 0 aromatic carbocycles. The average molecular weight is 259 g/mol. The zero-order valence-corrected chi connectivity index (χ0v) is 10.8. The Balaban J connectivity index is 3.01. The van der Waals surface area contributed by atoms with E-state index in [-0.39, 0.29) is 11.7 Å². The minimum absolute atomic E-state index is 0.171. The molecule has 0 aliphatic rings. The largest absolute Gasteiger partial charge is 0.433 e. The molecule has 0 radical (unpaired) electrons. The molecule has 3 nitrogen and oxygen atoms in total. The topological polar surface area (TPSA) is 28.5 Å². The maximum Gasteiger partial charge on any atom is 0.433 e. The summed E-state index contributed by atoms with van der Waals surface area (Å²) in [7, 11) is 1.58. The normalized spacial score (nSPS) is 13.0. The number of rotatable bonds is 3. The number of hydrogen-bond acceptors (Lipinski definition) is 3. The summed E-state index contributed by atoms with van der Waals surface area (Å²) < 4.78 is 37.5. The van der Waals surface area contributed by atoms with Gasteiger partial charge in [-0.1, -0.05) is 19.9 Å². The molecule has 0 spiro atoms. The third-order valence-electron chi connectivity index (χ3n) is 2.50. The highest BCUT2D eigenvalue weighted by atomic mass is 19.4. The Labute approximate surface area is 104 Å². The van der Waals surface area contributed by atoms with E-state index in [4.69, 9.17) is 0 Å². The number of nitrogens with zero attached hydrogens (tertiary/aromatic N) is 3. The van der Waals surface area contributed by atoms with E-state index in [0.29, 0.717) is 0 Å². The van der Waals surface area contributed by atoms with Crippen LogP contribution in [0.15, 0.2) is 23.3 Å². The average Bonchev–Trinajstić information content (AvgIpc) is 2.27. The number of hydrogen-bond donors (Lipinski definition) is 0. The first-order valence-corrected chi connectivity index (χ1v) is 5.55. The second kappa shape index (κ2) is 5.37. The first kappa shape index (κ1) is 14.5. The van der Waals surface area contributed by atoms with E-state index in [0.717, 1.165) is 11.8 Å². The van der Waals surface area contributed by atoms with Crippen LogP contribution in [-0.2, 0) is 6.18 Å². The molecule has 1 heterocycles. The summed E-state index contributed by atoms with van der Waals surface area (Å²) in [5.41, 5.74) is -0.0824. The van der Waals surface area contributed by atoms with Crippen molar-refractivity contribution in [3.05, 3.63) is 23.9 Å². The van der Waals surface area contributed by atoms with E-state index in [1.165, 1.54) is 17.1 Å². The molecule has 100 valence electrons. The number of aromatic nitrogens is 1. The number of halogens is 3. The van der Waals surface area contributed by atoms with Crippen LogP contribution in [0.2, 0.25) is 0 Å². The monoisotopic (exact) mass is 259 g/mol. The molecule has 0 N–H and O–H groups in total. The predicted molar refractivity (Wildman–Crippen MR) is 65.6 cm³/mol. The van der Waals surface area contributed by atoms with Gasteiger partial charge in [-0.25, -0.2) is 4.98 Å². The van der Waals surface area contributed by atoms with Gasteiger partial charge in [0.1, 0.15) is 11.5 Å². The third kappa shape index (κ3) is 3.72. The van der Waals surface area contributed by atoms with Gasteiger partial charge in [-0.05, 0) is 25.0 Å². The molecule has 1 rings (SSSR count).